The van der Waals surface area contributed by atoms with E-state index in [1.807, 2.05) is 0 Å². The Labute approximate surface area is 132 Å². The molecule has 0 aromatic heterocycles. The summed E-state index contributed by atoms with van der Waals surface area (Å²) in [6.45, 7) is 9.40. The van der Waals surface area contributed by atoms with Gasteiger partial charge in [0.25, 0.3) is 0 Å². The molecule has 0 spiro atoms. The van der Waals surface area contributed by atoms with Gasteiger partial charge in [0.2, 0.25) is 10.9 Å². The number of rotatable bonds is 6. The van der Waals surface area contributed by atoms with Crippen molar-refractivity contribution >= 4 is 23.5 Å². The summed E-state index contributed by atoms with van der Waals surface area (Å²) in [5, 5.41) is 0. The van der Waals surface area contributed by atoms with Crippen molar-refractivity contribution in [1.82, 2.24) is 4.31 Å². The van der Waals surface area contributed by atoms with Gasteiger partial charge in [-0.1, -0.05) is 40.0 Å². The Morgan fingerprint density at radius 3 is 2.50 bits per heavy atom. The summed E-state index contributed by atoms with van der Waals surface area (Å²) in [6, 6.07) is -0.00139. The summed E-state index contributed by atoms with van der Waals surface area (Å²) in [4.78, 5) is 0. The van der Waals surface area contributed by atoms with Crippen LogP contribution in [0.5, 0.6) is 0 Å². The molecule has 20 heavy (non-hydrogen) atoms. The normalized spacial score (nSPS) is 32.0. The zero-order valence-corrected chi connectivity index (χ0v) is 15.2. The summed E-state index contributed by atoms with van der Waals surface area (Å²) >= 11 is 4.90. The molecule has 0 aromatic rings. The van der Waals surface area contributed by atoms with Gasteiger partial charge in [0.15, 0.2) is 0 Å². The topological polar surface area (TPSA) is 37.4 Å². The number of nitrogens with zero attached hydrogens (tertiary/aromatic N) is 1. The smallest absolute Gasteiger partial charge is 0.204 e. The fourth-order valence-electron chi connectivity index (χ4n) is 3.72. The molecular weight excluding hydrogens is 290 g/mol. The lowest BCUT2D eigenvalue weighted by Crippen LogP contribution is -2.55. The van der Waals surface area contributed by atoms with Gasteiger partial charge in [0.1, 0.15) is 0 Å². The summed E-state index contributed by atoms with van der Waals surface area (Å²) in [5.74, 6) is 0. The van der Waals surface area contributed by atoms with Crippen molar-refractivity contribution in [2.45, 2.75) is 83.4 Å². The standard InChI is InChI=1S/C15H31NO2S2/c1-5-7-10-14(3,6-2)13-15(4,19)11-8-9-12-16(13)20(17)18/h13,19-20H,5-12H2,1-4H3. The van der Waals surface area contributed by atoms with E-state index in [1.165, 1.54) is 0 Å². The van der Waals surface area contributed by atoms with Crippen LogP contribution in [0.4, 0.5) is 0 Å². The summed E-state index contributed by atoms with van der Waals surface area (Å²) in [6.07, 6.45) is 7.35. The molecule has 5 heteroatoms. The molecule has 1 rings (SSSR count). The molecule has 3 unspecified atom stereocenters. The van der Waals surface area contributed by atoms with Crippen LogP contribution in [-0.4, -0.2) is 30.1 Å². The van der Waals surface area contributed by atoms with Crippen LogP contribution in [0.3, 0.4) is 0 Å². The highest BCUT2D eigenvalue weighted by atomic mass is 32.2. The van der Waals surface area contributed by atoms with Crippen molar-refractivity contribution in [3.8, 4) is 0 Å². The predicted molar refractivity (Wildman–Crippen MR) is 90.0 cm³/mol. The zero-order chi connectivity index (χ0) is 15.4. The molecule has 1 aliphatic heterocycles. The van der Waals surface area contributed by atoms with Crippen LogP contribution in [0, 0.1) is 5.41 Å². The monoisotopic (exact) mass is 321 g/mol. The molecule has 120 valence electrons. The molecule has 0 aliphatic carbocycles. The molecule has 0 bridgehead atoms. The fourth-order valence-corrected chi connectivity index (χ4v) is 5.44. The molecular formula is C15H31NO2S2. The minimum absolute atomic E-state index is 0.00139. The van der Waals surface area contributed by atoms with Crippen LogP contribution < -0.4 is 0 Å². The molecule has 0 N–H and O–H groups in total. The van der Waals surface area contributed by atoms with Crippen molar-refractivity contribution < 1.29 is 8.42 Å². The largest absolute Gasteiger partial charge is 0.215 e. The van der Waals surface area contributed by atoms with E-state index in [0.717, 1.165) is 44.9 Å². The lowest BCUT2D eigenvalue weighted by Gasteiger charge is -2.48. The van der Waals surface area contributed by atoms with Crippen molar-refractivity contribution in [3.63, 3.8) is 0 Å². The van der Waals surface area contributed by atoms with E-state index >= 15 is 0 Å². The van der Waals surface area contributed by atoms with E-state index in [4.69, 9.17) is 12.6 Å². The molecule has 0 aromatic carbocycles. The summed E-state index contributed by atoms with van der Waals surface area (Å²) in [7, 11) is -2.53. The van der Waals surface area contributed by atoms with Crippen molar-refractivity contribution in [2.24, 2.45) is 5.41 Å². The average Bonchev–Trinajstić information content (AvgIpc) is 2.54. The summed E-state index contributed by atoms with van der Waals surface area (Å²) in [5.41, 5.74) is 0.00620. The molecule has 1 heterocycles. The third-order valence-electron chi connectivity index (χ3n) is 4.99. The molecule has 3 atom stereocenters. The zero-order valence-electron chi connectivity index (χ0n) is 13.4. The number of hydrogen-bond acceptors (Lipinski definition) is 3. The van der Waals surface area contributed by atoms with E-state index < -0.39 is 10.9 Å². The molecule has 1 fully saturated rings. The number of thiol groups is 2. The first kappa shape index (κ1) is 18.3. The Hall–Kier alpha value is 0.260. The van der Waals surface area contributed by atoms with Crippen molar-refractivity contribution in [3.05, 3.63) is 0 Å². The minimum atomic E-state index is -2.53. The maximum atomic E-state index is 11.8. The first-order chi connectivity index (χ1) is 9.28. The van der Waals surface area contributed by atoms with Gasteiger partial charge >= 0.3 is 0 Å². The molecule has 1 saturated heterocycles. The second kappa shape index (κ2) is 7.50. The Morgan fingerprint density at radius 1 is 1.35 bits per heavy atom. The van der Waals surface area contributed by atoms with Gasteiger partial charge in [-0.15, -0.1) is 0 Å². The second-order valence-corrected chi connectivity index (χ2v) is 8.74. The first-order valence-electron chi connectivity index (χ1n) is 7.92. The second-order valence-electron chi connectivity index (χ2n) is 6.73. The van der Waals surface area contributed by atoms with Crippen LogP contribution in [0.2, 0.25) is 0 Å². The SMILES string of the molecule is CCCCC(C)(CC)C1N([SH](=O)=O)CCCCC1(C)S. The average molecular weight is 322 g/mol. The Balaban J connectivity index is 3.19. The van der Waals surface area contributed by atoms with Crippen LogP contribution in [0.1, 0.15) is 72.6 Å². The molecule has 3 nitrogen and oxygen atoms in total. The van der Waals surface area contributed by atoms with Crippen LogP contribution in [0.25, 0.3) is 0 Å². The highest BCUT2D eigenvalue weighted by Gasteiger charge is 2.48. The quantitative estimate of drug-likeness (QED) is 0.733. The maximum Gasteiger partial charge on any atom is 0.204 e. The lowest BCUT2D eigenvalue weighted by atomic mass is 9.70. The molecule has 1 aliphatic rings. The molecule has 0 saturated carbocycles. The number of unbranched alkanes of at least 4 members (excludes halogenated alkanes) is 1. The van der Waals surface area contributed by atoms with Gasteiger partial charge in [0, 0.05) is 17.3 Å². The predicted octanol–water partition coefficient (Wildman–Crippen LogP) is 3.66. The minimum Gasteiger partial charge on any atom is -0.215 e. The Bertz CT molecular complexity index is 374. The van der Waals surface area contributed by atoms with Gasteiger partial charge in [-0.25, -0.2) is 8.42 Å². The highest BCUT2D eigenvalue weighted by Crippen LogP contribution is 2.46. The molecule has 0 radical (unpaired) electrons. The third kappa shape index (κ3) is 4.14. The fraction of sp³-hybridized carbons (Fsp3) is 1.00. The van der Waals surface area contributed by atoms with E-state index in [-0.39, 0.29) is 16.2 Å². The summed E-state index contributed by atoms with van der Waals surface area (Å²) < 4.78 is 25.0. The number of hydrogen-bond donors (Lipinski definition) is 2. The highest BCUT2D eigenvalue weighted by molar-refractivity contribution is 7.82. The van der Waals surface area contributed by atoms with E-state index in [1.54, 1.807) is 4.31 Å². The van der Waals surface area contributed by atoms with Gasteiger partial charge in [0.05, 0.1) is 0 Å². The van der Waals surface area contributed by atoms with E-state index in [9.17, 15) is 8.42 Å². The van der Waals surface area contributed by atoms with Crippen LogP contribution >= 0.6 is 12.6 Å². The maximum absolute atomic E-state index is 11.8. The Morgan fingerprint density at radius 2 is 2.00 bits per heavy atom. The van der Waals surface area contributed by atoms with Gasteiger partial charge in [-0.3, -0.25) is 0 Å². The van der Waals surface area contributed by atoms with Crippen LogP contribution in [-0.2, 0) is 10.9 Å². The van der Waals surface area contributed by atoms with Gasteiger partial charge in [-0.05, 0) is 38.0 Å². The van der Waals surface area contributed by atoms with Gasteiger partial charge < -0.3 is 0 Å². The molecule has 0 amide bonds. The van der Waals surface area contributed by atoms with Crippen LogP contribution in [0.15, 0.2) is 0 Å². The van der Waals surface area contributed by atoms with E-state index in [2.05, 4.69) is 27.7 Å². The lowest BCUT2D eigenvalue weighted by molar-refractivity contribution is 0.101. The van der Waals surface area contributed by atoms with Crippen molar-refractivity contribution in [2.75, 3.05) is 6.54 Å². The Kier molecular flexibility index (Phi) is 6.87. The van der Waals surface area contributed by atoms with Gasteiger partial charge in [-0.2, -0.15) is 16.9 Å². The third-order valence-corrected chi connectivity index (χ3v) is 6.30. The van der Waals surface area contributed by atoms with E-state index in [0.29, 0.717) is 6.54 Å². The van der Waals surface area contributed by atoms with Crippen molar-refractivity contribution in [1.29, 1.82) is 0 Å². The first-order valence-corrected chi connectivity index (χ1v) is 9.49.